The molecular weight excluding hydrogens is 204 g/mol. The molecule has 1 aromatic carbocycles. The molecule has 4 nitrogen and oxygen atoms in total. The lowest BCUT2D eigenvalue weighted by molar-refractivity contribution is 0.0602. The zero-order valence-corrected chi connectivity index (χ0v) is 9.54. The fourth-order valence-corrected chi connectivity index (χ4v) is 1.58. The van der Waals surface area contributed by atoms with Gasteiger partial charge in [0.05, 0.1) is 12.7 Å². The molecule has 1 aliphatic carbocycles. The number of esters is 1. The van der Waals surface area contributed by atoms with Crippen molar-refractivity contribution in [1.82, 2.24) is 0 Å². The first kappa shape index (κ1) is 10.8. The molecule has 16 heavy (non-hydrogen) atoms. The Balaban J connectivity index is 2.24. The topological polar surface area (TPSA) is 64.3 Å². The number of methoxy groups -OCH3 is 1. The maximum absolute atomic E-state index is 11.4. The van der Waals surface area contributed by atoms with Crippen LogP contribution in [0.2, 0.25) is 0 Å². The minimum Gasteiger partial charge on any atom is -0.465 e. The monoisotopic (exact) mass is 220 g/mol. The van der Waals surface area contributed by atoms with Gasteiger partial charge in [-0.2, -0.15) is 0 Å². The highest BCUT2D eigenvalue weighted by Gasteiger charge is 2.37. The third-order valence-corrected chi connectivity index (χ3v) is 2.90. The minimum atomic E-state index is -0.401. The number of benzene rings is 1. The summed E-state index contributed by atoms with van der Waals surface area (Å²) in [6.07, 6.45) is 2.32. The van der Waals surface area contributed by atoms with Gasteiger partial charge in [-0.3, -0.25) is 0 Å². The quantitative estimate of drug-likeness (QED) is 0.604. The summed E-state index contributed by atoms with van der Waals surface area (Å²) in [6.45, 7) is 2.15. The van der Waals surface area contributed by atoms with E-state index in [4.69, 9.17) is 5.73 Å². The van der Waals surface area contributed by atoms with E-state index in [1.54, 1.807) is 12.1 Å². The average molecular weight is 220 g/mol. The summed E-state index contributed by atoms with van der Waals surface area (Å²) < 4.78 is 4.67. The Hall–Kier alpha value is -1.71. The SMILES string of the molecule is COC(=O)c1cc(NC2(C)CC2)ccc1N. The number of carbonyl (C=O) groups excluding carboxylic acids is 1. The van der Waals surface area contributed by atoms with Crippen LogP contribution in [0.3, 0.4) is 0 Å². The van der Waals surface area contributed by atoms with Crippen LogP contribution in [-0.4, -0.2) is 18.6 Å². The van der Waals surface area contributed by atoms with Crippen molar-refractivity contribution >= 4 is 17.3 Å². The summed E-state index contributed by atoms with van der Waals surface area (Å²) in [4.78, 5) is 11.4. The Labute approximate surface area is 94.8 Å². The number of nitrogen functional groups attached to an aromatic ring is 1. The average Bonchev–Trinajstić information content (AvgIpc) is 2.98. The molecule has 1 saturated carbocycles. The van der Waals surface area contributed by atoms with Crippen LogP contribution in [0.4, 0.5) is 11.4 Å². The van der Waals surface area contributed by atoms with Crippen molar-refractivity contribution in [3.05, 3.63) is 23.8 Å². The molecule has 0 radical (unpaired) electrons. The molecule has 0 bridgehead atoms. The maximum atomic E-state index is 11.4. The fourth-order valence-electron chi connectivity index (χ4n) is 1.58. The molecule has 1 aliphatic rings. The Morgan fingerprint density at radius 3 is 2.75 bits per heavy atom. The molecule has 1 fully saturated rings. The number of hydrogen-bond donors (Lipinski definition) is 2. The maximum Gasteiger partial charge on any atom is 0.340 e. The lowest BCUT2D eigenvalue weighted by Crippen LogP contribution is -2.16. The normalized spacial score (nSPS) is 16.6. The number of ether oxygens (including phenoxy) is 1. The first-order chi connectivity index (χ1) is 7.54. The van der Waals surface area contributed by atoms with Crippen molar-refractivity contribution in [3.63, 3.8) is 0 Å². The third-order valence-electron chi connectivity index (χ3n) is 2.90. The van der Waals surface area contributed by atoms with Crippen molar-refractivity contribution in [3.8, 4) is 0 Å². The van der Waals surface area contributed by atoms with Gasteiger partial charge in [0, 0.05) is 16.9 Å². The van der Waals surface area contributed by atoms with Gasteiger partial charge >= 0.3 is 5.97 Å². The molecule has 0 atom stereocenters. The van der Waals surface area contributed by atoms with E-state index in [0.717, 1.165) is 18.5 Å². The van der Waals surface area contributed by atoms with Gasteiger partial charge in [-0.05, 0) is 38.0 Å². The summed E-state index contributed by atoms with van der Waals surface area (Å²) in [5, 5.41) is 3.38. The molecule has 0 aliphatic heterocycles. The Morgan fingerprint density at radius 1 is 1.50 bits per heavy atom. The molecular formula is C12H16N2O2. The molecule has 3 N–H and O–H groups in total. The number of rotatable bonds is 3. The van der Waals surface area contributed by atoms with Crippen LogP contribution in [0.15, 0.2) is 18.2 Å². The van der Waals surface area contributed by atoms with Crippen molar-refractivity contribution in [2.24, 2.45) is 0 Å². The highest BCUT2D eigenvalue weighted by molar-refractivity contribution is 5.96. The van der Waals surface area contributed by atoms with Crippen LogP contribution in [0.5, 0.6) is 0 Å². The number of carbonyl (C=O) groups is 1. The van der Waals surface area contributed by atoms with E-state index in [1.807, 2.05) is 6.07 Å². The van der Waals surface area contributed by atoms with E-state index in [0.29, 0.717) is 11.3 Å². The van der Waals surface area contributed by atoms with Gasteiger partial charge in [-0.15, -0.1) is 0 Å². The standard InChI is InChI=1S/C12H16N2O2/c1-12(5-6-12)14-8-3-4-10(13)9(7-8)11(15)16-2/h3-4,7,14H,5-6,13H2,1-2H3. The molecule has 0 amide bonds. The van der Waals surface area contributed by atoms with E-state index in [1.165, 1.54) is 7.11 Å². The van der Waals surface area contributed by atoms with E-state index >= 15 is 0 Å². The lowest BCUT2D eigenvalue weighted by Gasteiger charge is -2.14. The Bertz CT molecular complexity index is 425. The Kier molecular flexibility index (Phi) is 2.50. The summed E-state index contributed by atoms with van der Waals surface area (Å²) in [6, 6.07) is 5.34. The summed E-state index contributed by atoms with van der Waals surface area (Å²) >= 11 is 0. The van der Waals surface area contributed by atoms with Crippen molar-refractivity contribution in [2.45, 2.75) is 25.3 Å². The second-order valence-corrected chi connectivity index (χ2v) is 4.48. The van der Waals surface area contributed by atoms with Crippen molar-refractivity contribution in [2.75, 3.05) is 18.2 Å². The molecule has 86 valence electrons. The van der Waals surface area contributed by atoms with Crippen LogP contribution in [0.1, 0.15) is 30.1 Å². The zero-order valence-electron chi connectivity index (χ0n) is 9.54. The largest absolute Gasteiger partial charge is 0.465 e. The highest BCUT2D eigenvalue weighted by atomic mass is 16.5. The molecule has 4 heteroatoms. The number of nitrogens with one attached hydrogen (secondary N) is 1. The fraction of sp³-hybridized carbons (Fsp3) is 0.417. The molecule has 1 aromatic rings. The smallest absolute Gasteiger partial charge is 0.340 e. The van der Waals surface area contributed by atoms with E-state index in [-0.39, 0.29) is 5.54 Å². The predicted molar refractivity (Wildman–Crippen MR) is 63.5 cm³/mol. The lowest BCUT2D eigenvalue weighted by atomic mass is 10.1. The zero-order chi connectivity index (χ0) is 11.8. The van der Waals surface area contributed by atoms with Crippen LogP contribution < -0.4 is 11.1 Å². The number of nitrogens with two attached hydrogens (primary N) is 1. The second kappa shape index (κ2) is 3.70. The van der Waals surface area contributed by atoms with Gasteiger partial charge < -0.3 is 15.8 Å². The Morgan fingerprint density at radius 2 is 2.19 bits per heavy atom. The summed E-state index contributed by atoms with van der Waals surface area (Å²) in [5.74, 6) is -0.401. The molecule has 0 spiro atoms. The van der Waals surface area contributed by atoms with Gasteiger partial charge in [-0.1, -0.05) is 0 Å². The number of hydrogen-bond acceptors (Lipinski definition) is 4. The first-order valence-corrected chi connectivity index (χ1v) is 5.30. The minimum absolute atomic E-state index is 0.184. The van der Waals surface area contributed by atoms with E-state index in [2.05, 4.69) is 17.0 Å². The van der Waals surface area contributed by atoms with Crippen LogP contribution in [0.25, 0.3) is 0 Å². The summed E-state index contributed by atoms with van der Waals surface area (Å²) in [5.41, 5.74) is 7.67. The molecule has 0 unspecified atom stereocenters. The number of anilines is 2. The van der Waals surface area contributed by atoms with Crippen molar-refractivity contribution < 1.29 is 9.53 Å². The van der Waals surface area contributed by atoms with E-state index in [9.17, 15) is 4.79 Å². The summed E-state index contributed by atoms with van der Waals surface area (Å²) in [7, 11) is 1.35. The van der Waals surface area contributed by atoms with Crippen LogP contribution in [0, 0.1) is 0 Å². The van der Waals surface area contributed by atoms with Gasteiger partial charge in [0.15, 0.2) is 0 Å². The van der Waals surface area contributed by atoms with Crippen LogP contribution in [-0.2, 0) is 4.74 Å². The molecule has 0 heterocycles. The third kappa shape index (κ3) is 2.10. The second-order valence-electron chi connectivity index (χ2n) is 4.48. The van der Waals surface area contributed by atoms with Gasteiger partial charge in [0.25, 0.3) is 0 Å². The van der Waals surface area contributed by atoms with Gasteiger partial charge in [0.2, 0.25) is 0 Å². The van der Waals surface area contributed by atoms with Crippen molar-refractivity contribution in [1.29, 1.82) is 0 Å². The molecule has 0 aromatic heterocycles. The van der Waals surface area contributed by atoms with Crippen LogP contribution >= 0.6 is 0 Å². The van der Waals surface area contributed by atoms with E-state index < -0.39 is 5.97 Å². The first-order valence-electron chi connectivity index (χ1n) is 5.30. The predicted octanol–water partition coefficient (Wildman–Crippen LogP) is 2.02. The van der Waals surface area contributed by atoms with Gasteiger partial charge in [-0.25, -0.2) is 4.79 Å². The highest BCUT2D eigenvalue weighted by Crippen LogP contribution is 2.38. The molecule has 0 saturated heterocycles. The van der Waals surface area contributed by atoms with Gasteiger partial charge in [0.1, 0.15) is 0 Å². The molecule has 2 rings (SSSR count).